The van der Waals surface area contributed by atoms with E-state index in [9.17, 15) is 19.2 Å². The molecule has 2 aliphatic heterocycles. The molecule has 0 aromatic rings. The van der Waals surface area contributed by atoms with E-state index in [-0.39, 0.29) is 47.5 Å². The van der Waals surface area contributed by atoms with Crippen molar-refractivity contribution in [1.82, 2.24) is 10.6 Å². The first kappa shape index (κ1) is 41.7. The molecular weight excluding hydrogens is 804 g/mol. The van der Waals surface area contributed by atoms with Crippen molar-refractivity contribution in [2.45, 2.75) is 105 Å². The van der Waals surface area contributed by atoms with Gasteiger partial charge in [-0.3, -0.25) is 9.59 Å². The lowest BCUT2D eigenvalue weighted by atomic mass is 9.75. The first-order valence-corrected chi connectivity index (χ1v) is 19.6. The number of rotatable bonds is 14. The molecule has 0 spiro atoms. The zero-order valence-corrected chi connectivity index (χ0v) is 33.9. The molecule has 0 saturated heterocycles. The van der Waals surface area contributed by atoms with Gasteiger partial charge in [-0.05, 0) is 117 Å². The highest BCUT2D eigenvalue weighted by Gasteiger charge is 2.41. The number of halogens is 2. The summed E-state index contributed by atoms with van der Waals surface area (Å²) >= 11 is 6.50. The number of ether oxygens (including phenoxy) is 6. The van der Waals surface area contributed by atoms with Crippen molar-refractivity contribution < 1.29 is 47.6 Å². The Morgan fingerprint density at radius 1 is 0.712 bits per heavy atom. The zero-order chi connectivity index (χ0) is 37.9. The van der Waals surface area contributed by atoms with Gasteiger partial charge in [0, 0.05) is 0 Å². The normalized spacial score (nSPS) is 28.8. The summed E-state index contributed by atoms with van der Waals surface area (Å²) < 4.78 is 34.1. The molecule has 0 amide bonds. The molecule has 2 aliphatic carbocycles. The Kier molecular flexibility index (Phi) is 15.9. The second kappa shape index (κ2) is 19.9. The van der Waals surface area contributed by atoms with Gasteiger partial charge < -0.3 is 39.1 Å². The standard InChI is InChI=1S/C38H50Br2N2O10/c1-21(2)25-13-11-23(5)17-27(25)49-37-33(31(39)35(45)51-37)41-19-29(43)47-15-9-7-8-10-16-48-30(44)20-42-34-32(40)36(46)52-38(34)50-28-18-24(6)12-14-26(28)22(3)4/h21-28,37-38,41-42H,11-20H2,1-6H3/t23-,24-,25+,26+,27-,28-,37+,38+/m1/s1. The quantitative estimate of drug-likeness (QED) is 0.135. The van der Waals surface area contributed by atoms with Crippen LogP contribution in [-0.4, -0.2) is 75.0 Å². The van der Waals surface area contributed by atoms with Crippen molar-refractivity contribution in [3.8, 4) is 23.7 Å². The van der Waals surface area contributed by atoms with Gasteiger partial charge in [0.1, 0.15) is 33.4 Å². The maximum atomic E-state index is 12.4. The Balaban J connectivity index is 1.15. The lowest BCUT2D eigenvalue weighted by Crippen LogP contribution is -2.39. The van der Waals surface area contributed by atoms with Gasteiger partial charge in [0.2, 0.25) is 12.6 Å². The van der Waals surface area contributed by atoms with Crippen molar-refractivity contribution in [2.24, 2.45) is 35.5 Å². The van der Waals surface area contributed by atoms with Crippen LogP contribution in [-0.2, 0) is 47.6 Å². The fourth-order valence-corrected chi connectivity index (χ4v) is 7.89. The van der Waals surface area contributed by atoms with Gasteiger partial charge in [-0.2, -0.15) is 0 Å². The molecule has 8 atom stereocenters. The zero-order valence-electron chi connectivity index (χ0n) is 30.7. The van der Waals surface area contributed by atoms with E-state index in [4.69, 9.17) is 28.4 Å². The molecule has 0 aromatic carbocycles. The summed E-state index contributed by atoms with van der Waals surface area (Å²) in [5.74, 6) is 10.5. The van der Waals surface area contributed by atoms with E-state index in [0.29, 0.717) is 46.9 Å². The molecule has 14 heteroatoms. The van der Waals surface area contributed by atoms with Crippen LogP contribution >= 0.6 is 31.9 Å². The van der Waals surface area contributed by atoms with E-state index in [1.54, 1.807) is 0 Å². The monoisotopic (exact) mass is 852 g/mol. The van der Waals surface area contributed by atoms with Gasteiger partial charge in [-0.25, -0.2) is 9.59 Å². The molecule has 0 bridgehead atoms. The minimum Gasteiger partial charge on any atom is -0.451 e. The van der Waals surface area contributed by atoms with Crippen LogP contribution in [0, 0.1) is 59.2 Å². The van der Waals surface area contributed by atoms with Crippen LogP contribution in [0.4, 0.5) is 0 Å². The van der Waals surface area contributed by atoms with Gasteiger partial charge in [0.15, 0.2) is 13.2 Å². The summed E-state index contributed by atoms with van der Waals surface area (Å²) in [5.41, 5.74) is 0.696. The molecular formula is C38H50Br2N2O10. The number of carbonyl (C=O) groups is 4. The first-order valence-electron chi connectivity index (χ1n) is 18.0. The molecule has 286 valence electrons. The van der Waals surface area contributed by atoms with Crippen LogP contribution in [0.3, 0.4) is 0 Å². The van der Waals surface area contributed by atoms with Gasteiger partial charge in [-0.1, -0.05) is 54.4 Å². The number of nitrogens with one attached hydrogen (secondary N) is 2. The van der Waals surface area contributed by atoms with E-state index in [0.717, 1.165) is 38.5 Å². The van der Waals surface area contributed by atoms with Crippen molar-refractivity contribution in [3.05, 3.63) is 20.4 Å². The summed E-state index contributed by atoms with van der Waals surface area (Å²) in [6.07, 6.45) is 4.09. The largest absolute Gasteiger partial charge is 0.451 e. The van der Waals surface area contributed by atoms with Crippen LogP contribution in [0.5, 0.6) is 0 Å². The Bertz CT molecular complexity index is 1410. The van der Waals surface area contributed by atoms with Crippen LogP contribution in [0.25, 0.3) is 0 Å². The fraction of sp³-hybridized carbons (Fsp3) is 0.684. The van der Waals surface area contributed by atoms with E-state index >= 15 is 0 Å². The van der Waals surface area contributed by atoms with E-state index in [1.807, 2.05) is 0 Å². The minimum atomic E-state index is -0.940. The molecule has 2 heterocycles. The number of carbonyl (C=O) groups excluding carboxylic acids is 4. The van der Waals surface area contributed by atoms with Gasteiger partial charge >= 0.3 is 23.9 Å². The van der Waals surface area contributed by atoms with Gasteiger partial charge in [0.05, 0.1) is 12.2 Å². The average molecular weight is 855 g/mol. The summed E-state index contributed by atoms with van der Waals surface area (Å²) in [5, 5.41) is 5.84. The maximum Gasteiger partial charge on any atom is 0.349 e. The van der Waals surface area contributed by atoms with Crippen molar-refractivity contribution >= 4 is 55.7 Å². The SMILES string of the molecule is CC(C)[C@@H]1CC[C@@H](C)C[C@H]1O[C@H]1OC(=O)C(Br)=C1NCC(=O)OCC#CC#CCOC(=O)CNC1=C(Br)C(=O)O[C@@H]1O[C@@H]1C[C@H](C)CC[C@H]1C(C)C. The first-order chi connectivity index (χ1) is 24.7. The number of hydrogen-bond acceptors (Lipinski definition) is 12. The predicted molar refractivity (Wildman–Crippen MR) is 198 cm³/mol. The molecule has 2 fully saturated rings. The summed E-state index contributed by atoms with van der Waals surface area (Å²) in [7, 11) is 0. The summed E-state index contributed by atoms with van der Waals surface area (Å²) in [6, 6.07) is 0. The van der Waals surface area contributed by atoms with Crippen molar-refractivity contribution in [3.63, 3.8) is 0 Å². The third kappa shape index (κ3) is 11.7. The van der Waals surface area contributed by atoms with Crippen LogP contribution < -0.4 is 10.6 Å². The predicted octanol–water partition coefficient (Wildman–Crippen LogP) is 5.19. The molecule has 12 nitrogen and oxygen atoms in total. The molecule has 52 heavy (non-hydrogen) atoms. The third-order valence-electron chi connectivity index (χ3n) is 9.95. The smallest absolute Gasteiger partial charge is 0.349 e. The van der Waals surface area contributed by atoms with Crippen molar-refractivity contribution in [1.29, 1.82) is 0 Å². The second-order valence-corrected chi connectivity index (χ2v) is 16.1. The van der Waals surface area contributed by atoms with Crippen LogP contribution in [0.2, 0.25) is 0 Å². The Morgan fingerprint density at radius 3 is 1.46 bits per heavy atom. The summed E-state index contributed by atoms with van der Waals surface area (Å²) in [6.45, 7) is 12.2. The lowest BCUT2D eigenvalue weighted by molar-refractivity contribution is -0.183. The molecule has 4 rings (SSSR count). The molecule has 0 aromatic heterocycles. The Morgan fingerprint density at radius 2 is 1.10 bits per heavy atom. The Labute approximate surface area is 323 Å². The highest BCUT2D eigenvalue weighted by atomic mass is 79.9. The Hall–Kier alpha value is -3.04. The molecule has 4 aliphatic rings. The topological polar surface area (TPSA) is 148 Å². The van der Waals surface area contributed by atoms with Crippen LogP contribution in [0.1, 0.15) is 80.1 Å². The number of hydrogen-bond donors (Lipinski definition) is 2. The molecule has 0 unspecified atom stereocenters. The van der Waals surface area contributed by atoms with Crippen molar-refractivity contribution in [2.75, 3.05) is 26.3 Å². The average Bonchev–Trinajstić information content (AvgIpc) is 3.50. The summed E-state index contributed by atoms with van der Waals surface area (Å²) in [4.78, 5) is 49.3. The van der Waals surface area contributed by atoms with Gasteiger partial charge in [-0.15, -0.1) is 0 Å². The maximum absolute atomic E-state index is 12.4. The van der Waals surface area contributed by atoms with E-state index in [1.165, 1.54) is 0 Å². The van der Waals surface area contributed by atoms with E-state index < -0.39 is 36.5 Å². The molecule has 0 radical (unpaired) electrons. The number of esters is 4. The van der Waals surface area contributed by atoms with Gasteiger partial charge in [0.25, 0.3) is 0 Å². The molecule has 2 N–H and O–H groups in total. The second-order valence-electron chi connectivity index (χ2n) is 14.6. The lowest BCUT2D eigenvalue weighted by Gasteiger charge is -2.38. The third-order valence-corrected chi connectivity index (χ3v) is 11.4. The number of cyclic esters (lactones) is 2. The highest BCUT2D eigenvalue weighted by molar-refractivity contribution is 9.12. The van der Waals surface area contributed by atoms with E-state index in [2.05, 4.69) is 108 Å². The molecule has 2 saturated carbocycles. The fourth-order valence-electron chi connectivity index (χ4n) is 7.05. The highest BCUT2D eigenvalue weighted by Crippen LogP contribution is 2.39. The van der Waals surface area contributed by atoms with Crippen LogP contribution in [0.15, 0.2) is 20.4 Å². The minimum absolute atomic E-state index is 0.0694.